The zero-order chi connectivity index (χ0) is 12.3. The van der Waals surface area contributed by atoms with Crippen molar-refractivity contribution in [2.45, 2.75) is 13.5 Å². The van der Waals surface area contributed by atoms with Gasteiger partial charge in [0.15, 0.2) is 0 Å². The van der Waals surface area contributed by atoms with E-state index in [2.05, 4.69) is 15.3 Å². The van der Waals surface area contributed by atoms with Crippen molar-refractivity contribution in [2.75, 3.05) is 5.32 Å². The molecule has 0 aliphatic rings. The predicted octanol–water partition coefficient (Wildman–Crippen LogP) is 2.24. The molecule has 1 aromatic heterocycles. The van der Waals surface area contributed by atoms with Crippen molar-refractivity contribution in [2.24, 2.45) is 0 Å². The number of aromatic nitrogens is 2. The Morgan fingerprint density at radius 1 is 1.53 bits per heavy atom. The van der Waals surface area contributed by atoms with Gasteiger partial charge in [0.2, 0.25) is 0 Å². The Labute approximate surface area is 97.9 Å². The largest absolute Gasteiger partial charge is 0.377 e. The highest BCUT2D eigenvalue weighted by Crippen LogP contribution is 2.25. The lowest BCUT2D eigenvalue weighted by atomic mass is 10.1. The topological polar surface area (TPSA) is 83.8 Å². The standard InChI is InChI=1S/C11H12N4O2/c1-8-9(3-2-4-10(8)15(16)17)14-7-11-12-5-6-13-11/h2-6,14H,7H2,1H3,(H,12,13). The summed E-state index contributed by atoms with van der Waals surface area (Å²) in [7, 11) is 0. The summed E-state index contributed by atoms with van der Waals surface area (Å²) in [6.45, 7) is 2.23. The van der Waals surface area contributed by atoms with Crippen LogP contribution in [-0.2, 0) is 6.54 Å². The first-order chi connectivity index (χ1) is 8.18. The highest BCUT2D eigenvalue weighted by atomic mass is 16.6. The smallest absolute Gasteiger partial charge is 0.274 e. The lowest BCUT2D eigenvalue weighted by Crippen LogP contribution is -2.03. The van der Waals surface area contributed by atoms with Crippen LogP contribution in [0, 0.1) is 17.0 Å². The van der Waals surface area contributed by atoms with Crippen LogP contribution < -0.4 is 5.32 Å². The summed E-state index contributed by atoms with van der Waals surface area (Å²) >= 11 is 0. The molecule has 88 valence electrons. The molecule has 0 radical (unpaired) electrons. The van der Waals surface area contributed by atoms with Gasteiger partial charge < -0.3 is 10.3 Å². The summed E-state index contributed by atoms with van der Waals surface area (Å²) in [6, 6.07) is 4.97. The molecular weight excluding hydrogens is 220 g/mol. The fourth-order valence-electron chi connectivity index (χ4n) is 1.59. The normalized spacial score (nSPS) is 10.2. The molecule has 17 heavy (non-hydrogen) atoms. The average Bonchev–Trinajstić information content (AvgIpc) is 2.80. The minimum absolute atomic E-state index is 0.120. The Kier molecular flexibility index (Phi) is 3.04. The molecule has 2 rings (SSSR count). The molecule has 1 heterocycles. The Morgan fingerprint density at radius 2 is 2.35 bits per heavy atom. The third-order valence-electron chi connectivity index (χ3n) is 2.50. The molecule has 0 saturated carbocycles. The van der Waals surface area contributed by atoms with Crippen molar-refractivity contribution < 1.29 is 4.92 Å². The number of H-pyrrole nitrogens is 1. The van der Waals surface area contributed by atoms with Crippen LogP contribution in [0.5, 0.6) is 0 Å². The van der Waals surface area contributed by atoms with E-state index in [1.165, 1.54) is 6.07 Å². The quantitative estimate of drug-likeness (QED) is 0.625. The summed E-state index contributed by atoms with van der Waals surface area (Å²) in [4.78, 5) is 17.4. The number of nitro groups is 1. The molecular formula is C11H12N4O2. The first-order valence-corrected chi connectivity index (χ1v) is 5.14. The minimum atomic E-state index is -0.382. The van der Waals surface area contributed by atoms with Gasteiger partial charge >= 0.3 is 0 Å². The van der Waals surface area contributed by atoms with Gasteiger partial charge in [-0.05, 0) is 13.0 Å². The Hall–Kier alpha value is -2.37. The molecule has 6 nitrogen and oxygen atoms in total. The molecule has 6 heteroatoms. The number of anilines is 1. The first kappa shape index (κ1) is 11.1. The van der Waals surface area contributed by atoms with Gasteiger partial charge in [-0.1, -0.05) is 6.07 Å². The number of benzene rings is 1. The van der Waals surface area contributed by atoms with Crippen molar-refractivity contribution in [3.63, 3.8) is 0 Å². The van der Waals surface area contributed by atoms with Crippen molar-refractivity contribution in [3.8, 4) is 0 Å². The molecule has 0 spiro atoms. The van der Waals surface area contributed by atoms with Crippen LogP contribution in [-0.4, -0.2) is 14.9 Å². The summed E-state index contributed by atoms with van der Waals surface area (Å²) in [5.41, 5.74) is 1.49. The second-order valence-electron chi connectivity index (χ2n) is 3.60. The van der Waals surface area contributed by atoms with E-state index in [9.17, 15) is 10.1 Å². The molecule has 0 bridgehead atoms. The number of nitrogens with zero attached hydrogens (tertiary/aromatic N) is 2. The molecule has 0 saturated heterocycles. The van der Waals surface area contributed by atoms with E-state index in [0.717, 1.165) is 11.5 Å². The lowest BCUT2D eigenvalue weighted by Gasteiger charge is -2.08. The second kappa shape index (κ2) is 4.65. The Bertz CT molecular complexity index is 522. The number of imidazole rings is 1. The van der Waals surface area contributed by atoms with E-state index in [4.69, 9.17) is 0 Å². The lowest BCUT2D eigenvalue weighted by molar-refractivity contribution is -0.385. The maximum Gasteiger partial charge on any atom is 0.274 e. The molecule has 0 fully saturated rings. The Morgan fingerprint density at radius 3 is 3.00 bits per heavy atom. The van der Waals surface area contributed by atoms with E-state index >= 15 is 0 Å². The van der Waals surface area contributed by atoms with Gasteiger partial charge in [0.05, 0.1) is 11.5 Å². The van der Waals surface area contributed by atoms with Crippen LogP contribution in [0.25, 0.3) is 0 Å². The van der Waals surface area contributed by atoms with Gasteiger partial charge in [-0.3, -0.25) is 10.1 Å². The van der Waals surface area contributed by atoms with Gasteiger partial charge in [0, 0.05) is 29.7 Å². The highest BCUT2D eigenvalue weighted by Gasteiger charge is 2.12. The third kappa shape index (κ3) is 2.41. The van der Waals surface area contributed by atoms with Crippen molar-refractivity contribution in [3.05, 3.63) is 52.1 Å². The van der Waals surface area contributed by atoms with Crippen LogP contribution in [0.15, 0.2) is 30.6 Å². The number of hydrogen-bond acceptors (Lipinski definition) is 4. The van der Waals surface area contributed by atoms with E-state index < -0.39 is 0 Å². The molecule has 0 amide bonds. The maximum absolute atomic E-state index is 10.8. The molecule has 2 aromatic rings. The van der Waals surface area contributed by atoms with Gasteiger partial charge in [0.25, 0.3) is 5.69 Å². The van der Waals surface area contributed by atoms with Crippen LogP contribution >= 0.6 is 0 Å². The summed E-state index contributed by atoms with van der Waals surface area (Å²) in [5, 5.41) is 13.9. The van der Waals surface area contributed by atoms with Crippen molar-refractivity contribution >= 4 is 11.4 Å². The predicted molar refractivity (Wildman–Crippen MR) is 63.7 cm³/mol. The highest BCUT2D eigenvalue weighted by molar-refractivity contribution is 5.59. The maximum atomic E-state index is 10.8. The van der Waals surface area contributed by atoms with Crippen LogP contribution in [0.4, 0.5) is 11.4 Å². The molecule has 0 aliphatic carbocycles. The monoisotopic (exact) mass is 232 g/mol. The molecule has 1 aromatic carbocycles. The fourth-order valence-corrected chi connectivity index (χ4v) is 1.59. The van der Waals surface area contributed by atoms with Gasteiger partial charge in [0.1, 0.15) is 5.82 Å². The van der Waals surface area contributed by atoms with Gasteiger partial charge in [-0.2, -0.15) is 0 Å². The van der Waals surface area contributed by atoms with Crippen LogP contribution in [0.2, 0.25) is 0 Å². The molecule has 0 unspecified atom stereocenters. The van der Waals surface area contributed by atoms with E-state index in [1.807, 2.05) is 6.07 Å². The van der Waals surface area contributed by atoms with Crippen molar-refractivity contribution in [1.29, 1.82) is 0 Å². The third-order valence-corrected chi connectivity index (χ3v) is 2.50. The first-order valence-electron chi connectivity index (χ1n) is 5.14. The number of nitrogens with one attached hydrogen (secondary N) is 2. The number of rotatable bonds is 4. The van der Waals surface area contributed by atoms with Crippen LogP contribution in [0.3, 0.4) is 0 Å². The number of aromatic amines is 1. The summed E-state index contributed by atoms with van der Waals surface area (Å²) in [6.07, 6.45) is 3.40. The average molecular weight is 232 g/mol. The fraction of sp³-hybridized carbons (Fsp3) is 0.182. The number of hydrogen-bond donors (Lipinski definition) is 2. The molecule has 0 atom stereocenters. The van der Waals surface area contributed by atoms with E-state index in [1.54, 1.807) is 25.4 Å². The van der Waals surface area contributed by atoms with E-state index in [0.29, 0.717) is 12.1 Å². The SMILES string of the molecule is Cc1c(NCc2ncc[nH]2)cccc1[N+](=O)[O-]. The second-order valence-corrected chi connectivity index (χ2v) is 3.60. The van der Waals surface area contributed by atoms with E-state index in [-0.39, 0.29) is 10.6 Å². The zero-order valence-corrected chi connectivity index (χ0v) is 9.30. The molecule has 2 N–H and O–H groups in total. The summed E-state index contributed by atoms with van der Waals surface area (Å²) < 4.78 is 0. The van der Waals surface area contributed by atoms with Crippen molar-refractivity contribution in [1.82, 2.24) is 9.97 Å². The van der Waals surface area contributed by atoms with Crippen LogP contribution in [0.1, 0.15) is 11.4 Å². The minimum Gasteiger partial charge on any atom is -0.377 e. The van der Waals surface area contributed by atoms with Gasteiger partial charge in [-0.25, -0.2) is 4.98 Å². The zero-order valence-electron chi connectivity index (χ0n) is 9.30. The molecule has 0 aliphatic heterocycles. The summed E-state index contributed by atoms with van der Waals surface area (Å²) in [5.74, 6) is 0.788. The Balaban J connectivity index is 2.16. The number of nitro benzene ring substituents is 1. The van der Waals surface area contributed by atoms with Gasteiger partial charge in [-0.15, -0.1) is 0 Å².